The molecule has 0 radical (unpaired) electrons. The molecule has 1 heterocycles. The molecule has 1 rings (SSSR count). The molecule has 0 unspecified atom stereocenters. The minimum absolute atomic E-state index is 0.128. The van der Waals surface area contributed by atoms with E-state index in [0.717, 1.165) is 6.07 Å². The van der Waals surface area contributed by atoms with Crippen molar-refractivity contribution in [2.24, 2.45) is 0 Å². The number of nitro groups is 1. The first-order valence-electron chi connectivity index (χ1n) is 4.07. The second kappa shape index (κ2) is 5.02. The van der Waals surface area contributed by atoms with Crippen molar-refractivity contribution in [2.75, 3.05) is 7.11 Å². The molecule has 0 aliphatic heterocycles. The highest BCUT2D eigenvalue weighted by Crippen LogP contribution is 2.34. The van der Waals surface area contributed by atoms with Crippen molar-refractivity contribution < 1.29 is 18.4 Å². The molecule has 0 bridgehead atoms. The van der Waals surface area contributed by atoms with Gasteiger partial charge in [0, 0.05) is 6.07 Å². The van der Waals surface area contributed by atoms with Crippen molar-refractivity contribution in [3.63, 3.8) is 0 Å². The van der Waals surface area contributed by atoms with E-state index < -0.39 is 22.6 Å². The SMILES string of the molecule is COc1cc(C(F)F)c([N+](=O)[O-])c(CCl)n1. The summed E-state index contributed by atoms with van der Waals surface area (Å²) in [7, 11) is 1.22. The van der Waals surface area contributed by atoms with Crippen LogP contribution in [0, 0.1) is 10.1 Å². The number of methoxy groups -OCH3 is 1. The lowest BCUT2D eigenvalue weighted by molar-refractivity contribution is -0.387. The van der Waals surface area contributed by atoms with Crippen LogP contribution < -0.4 is 4.74 Å². The molecule has 0 aliphatic rings. The first kappa shape index (κ1) is 12.6. The third-order valence-corrected chi connectivity index (χ3v) is 2.08. The summed E-state index contributed by atoms with van der Waals surface area (Å²) in [6, 6.07) is 0.832. The van der Waals surface area contributed by atoms with Gasteiger partial charge < -0.3 is 4.74 Å². The van der Waals surface area contributed by atoms with Crippen molar-refractivity contribution in [3.05, 3.63) is 27.4 Å². The van der Waals surface area contributed by atoms with Gasteiger partial charge in [0.15, 0.2) is 0 Å². The molecule has 8 heteroatoms. The van der Waals surface area contributed by atoms with Crippen LogP contribution in [-0.2, 0) is 5.88 Å². The molecule has 16 heavy (non-hydrogen) atoms. The van der Waals surface area contributed by atoms with Crippen LogP contribution in [-0.4, -0.2) is 17.0 Å². The van der Waals surface area contributed by atoms with Crippen LogP contribution >= 0.6 is 11.6 Å². The Balaban J connectivity index is 3.47. The minimum atomic E-state index is -2.99. The third kappa shape index (κ3) is 2.35. The van der Waals surface area contributed by atoms with Gasteiger partial charge in [0.2, 0.25) is 5.88 Å². The largest absolute Gasteiger partial charge is 0.481 e. The number of alkyl halides is 3. The number of halogens is 3. The van der Waals surface area contributed by atoms with Crippen LogP contribution in [0.25, 0.3) is 0 Å². The van der Waals surface area contributed by atoms with Gasteiger partial charge in [0.05, 0.1) is 17.9 Å². The predicted molar refractivity (Wildman–Crippen MR) is 52.0 cm³/mol. The van der Waals surface area contributed by atoms with Gasteiger partial charge in [-0.15, -0.1) is 11.6 Å². The maximum absolute atomic E-state index is 12.6. The summed E-state index contributed by atoms with van der Waals surface area (Å²) < 4.78 is 29.8. The van der Waals surface area contributed by atoms with Crippen LogP contribution in [0.3, 0.4) is 0 Å². The molecule has 0 fully saturated rings. The number of aromatic nitrogens is 1. The Hall–Kier alpha value is -1.50. The molecule has 0 saturated carbocycles. The number of ether oxygens (including phenoxy) is 1. The molecule has 1 aromatic rings. The molecular formula is C8H7ClF2N2O3. The molecule has 5 nitrogen and oxygen atoms in total. The summed E-state index contributed by atoms with van der Waals surface area (Å²) in [5.41, 5.74) is -1.74. The van der Waals surface area contributed by atoms with Gasteiger partial charge in [-0.3, -0.25) is 10.1 Å². The number of nitrogens with zero attached hydrogens (tertiary/aromatic N) is 2. The van der Waals surface area contributed by atoms with E-state index in [2.05, 4.69) is 9.72 Å². The second-order valence-electron chi connectivity index (χ2n) is 2.74. The Morgan fingerprint density at radius 2 is 2.31 bits per heavy atom. The van der Waals surface area contributed by atoms with Crippen LogP contribution in [0.2, 0.25) is 0 Å². The quantitative estimate of drug-likeness (QED) is 0.469. The van der Waals surface area contributed by atoms with Gasteiger partial charge in [-0.05, 0) is 0 Å². The van der Waals surface area contributed by atoms with E-state index in [1.165, 1.54) is 7.11 Å². The van der Waals surface area contributed by atoms with Crippen molar-refractivity contribution in [2.45, 2.75) is 12.3 Å². The van der Waals surface area contributed by atoms with E-state index in [1.54, 1.807) is 0 Å². The van der Waals surface area contributed by atoms with Gasteiger partial charge in [0.1, 0.15) is 11.3 Å². The van der Waals surface area contributed by atoms with Gasteiger partial charge in [-0.25, -0.2) is 13.8 Å². The zero-order valence-corrected chi connectivity index (χ0v) is 8.87. The van der Waals surface area contributed by atoms with Crippen LogP contribution in [0.1, 0.15) is 17.7 Å². The number of hydrogen-bond donors (Lipinski definition) is 0. The second-order valence-corrected chi connectivity index (χ2v) is 3.01. The Morgan fingerprint density at radius 1 is 1.69 bits per heavy atom. The monoisotopic (exact) mass is 252 g/mol. The lowest BCUT2D eigenvalue weighted by Gasteiger charge is -2.07. The molecule has 0 saturated heterocycles. The fraction of sp³-hybridized carbons (Fsp3) is 0.375. The summed E-state index contributed by atoms with van der Waals surface area (Å²) in [5, 5.41) is 10.6. The molecule has 0 amide bonds. The summed E-state index contributed by atoms with van der Waals surface area (Å²) in [4.78, 5) is 13.4. The van der Waals surface area contributed by atoms with Crippen LogP contribution in [0.5, 0.6) is 5.88 Å². The standard InChI is InChI=1S/C8H7ClF2N2O3/c1-16-6-2-4(8(10)11)7(13(14)15)5(3-9)12-6/h2,8H,3H2,1H3. The lowest BCUT2D eigenvalue weighted by Crippen LogP contribution is -2.04. The van der Waals surface area contributed by atoms with E-state index in [0.29, 0.717) is 0 Å². The van der Waals surface area contributed by atoms with Gasteiger partial charge in [-0.1, -0.05) is 0 Å². The normalized spacial score (nSPS) is 10.6. The average Bonchev–Trinajstić information content (AvgIpc) is 2.26. The van der Waals surface area contributed by atoms with E-state index in [4.69, 9.17) is 11.6 Å². The fourth-order valence-electron chi connectivity index (χ4n) is 1.16. The van der Waals surface area contributed by atoms with E-state index in [9.17, 15) is 18.9 Å². The van der Waals surface area contributed by atoms with Crippen molar-refractivity contribution >= 4 is 17.3 Å². The maximum Gasteiger partial charge on any atom is 0.301 e. The summed E-state index contributed by atoms with van der Waals surface area (Å²) in [6.07, 6.45) is -2.99. The predicted octanol–water partition coefficient (Wildman–Crippen LogP) is 2.67. The van der Waals surface area contributed by atoms with E-state index in [1.807, 2.05) is 0 Å². The van der Waals surface area contributed by atoms with Gasteiger partial charge in [-0.2, -0.15) is 0 Å². The van der Waals surface area contributed by atoms with E-state index >= 15 is 0 Å². The lowest BCUT2D eigenvalue weighted by atomic mass is 10.2. The molecule has 0 aromatic carbocycles. The number of rotatable bonds is 4. The molecule has 0 atom stereocenters. The highest BCUT2D eigenvalue weighted by Gasteiger charge is 2.28. The van der Waals surface area contributed by atoms with Crippen molar-refractivity contribution in [1.82, 2.24) is 4.98 Å². The Bertz CT molecular complexity index is 415. The topological polar surface area (TPSA) is 65.3 Å². The molecular weight excluding hydrogens is 246 g/mol. The highest BCUT2D eigenvalue weighted by atomic mass is 35.5. The molecule has 1 aromatic heterocycles. The smallest absolute Gasteiger partial charge is 0.301 e. The number of pyridine rings is 1. The first-order chi connectivity index (χ1) is 7.51. The Kier molecular flexibility index (Phi) is 3.94. The van der Waals surface area contributed by atoms with Crippen molar-refractivity contribution in [1.29, 1.82) is 0 Å². The van der Waals surface area contributed by atoms with Crippen LogP contribution in [0.4, 0.5) is 14.5 Å². The molecule has 0 N–H and O–H groups in total. The fourth-order valence-corrected chi connectivity index (χ4v) is 1.35. The first-order valence-corrected chi connectivity index (χ1v) is 4.61. The molecule has 0 aliphatic carbocycles. The Labute approximate surface area is 94.1 Å². The molecule has 0 spiro atoms. The third-order valence-electron chi connectivity index (χ3n) is 1.82. The van der Waals surface area contributed by atoms with Gasteiger partial charge in [0.25, 0.3) is 6.43 Å². The maximum atomic E-state index is 12.6. The summed E-state index contributed by atoms with van der Waals surface area (Å²) in [5.74, 6) is -0.468. The number of hydrogen-bond acceptors (Lipinski definition) is 4. The van der Waals surface area contributed by atoms with Crippen molar-refractivity contribution in [3.8, 4) is 5.88 Å². The zero-order valence-electron chi connectivity index (χ0n) is 8.11. The Morgan fingerprint density at radius 3 is 2.69 bits per heavy atom. The average molecular weight is 253 g/mol. The highest BCUT2D eigenvalue weighted by molar-refractivity contribution is 6.17. The molecule has 88 valence electrons. The minimum Gasteiger partial charge on any atom is -0.481 e. The van der Waals surface area contributed by atoms with Gasteiger partial charge >= 0.3 is 5.69 Å². The van der Waals surface area contributed by atoms with Crippen LogP contribution in [0.15, 0.2) is 6.07 Å². The summed E-state index contributed by atoms with van der Waals surface area (Å²) in [6.45, 7) is 0. The zero-order chi connectivity index (χ0) is 12.3. The summed E-state index contributed by atoms with van der Waals surface area (Å²) >= 11 is 5.41. The van der Waals surface area contributed by atoms with E-state index in [-0.39, 0.29) is 17.5 Å².